The lowest BCUT2D eigenvalue weighted by atomic mass is 9.89. The van der Waals surface area contributed by atoms with Gasteiger partial charge in [0, 0.05) is 37.8 Å². The molecule has 3 nitrogen and oxygen atoms in total. The number of nitrogens with zero attached hydrogens (tertiary/aromatic N) is 2. The fraction of sp³-hybridized carbons (Fsp3) is 0.750. The first-order valence-electron chi connectivity index (χ1n) is 10.8. The summed E-state index contributed by atoms with van der Waals surface area (Å²) in [6.45, 7) is 24.7. The van der Waals surface area contributed by atoms with Crippen LogP contribution in [0.1, 0.15) is 68.2 Å². The third-order valence-electron chi connectivity index (χ3n) is 6.27. The van der Waals surface area contributed by atoms with Gasteiger partial charge >= 0.3 is 0 Å². The van der Waals surface area contributed by atoms with E-state index in [-0.39, 0.29) is 0 Å². The minimum Gasteiger partial charge on any atom is -0.377 e. The van der Waals surface area contributed by atoms with Gasteiger partial charge in [0.05, 0.1) is 0 Å². The standard InChI is InChI=1S/C24H45N3/c1-11-26(10)23(9)21(7)25-22(8)24-19(5)13-12-14-27(17(2)3)16-18(4)15-20(24)6/h11,15,17-18,21-23,25H,1,12-14,16H2,2-10H3/t18?,21?,22?,23-/m1/s1. The Morgan fingerprint density at radius 3 is 2.41 bits per heavy atom. The van der Waals surface area contributed by atoms with Gasteiger partial charge < -0.3 is 15.1 Å². The van der Waals surface area contributed by atoms with Crippen molar-refractivity contribution in [2.45, 2.75) is 92.4 Å². The highest BCUT2D eigenvalue weighted by atomic mass is 15.2. The van der Waals surface area contributed by atoms with E-state index in [1.54, 1.807) is 5.57 Å². The Morgan fingerprint density at radius 1 is 1.22 bits per heavy atom. The van der Waals surface area contributed by atoms with Gasteiger partial charge in [-0.05, 0) is 85.5 Å². The van der Waals surface area contributed by atoms with Crippen molar-refractivity contribution in [1.82, 2.24) is 15.1 Å². The maximum absolute atomic E-state index is 3.90. The second-order valence-electron chi connectivity index (χ2n) is 8.98. The molecule has 0 bridgehead atoms. The minimum absolute atomic E-state index is 0.352. The number of allylic oxidation sites excluding steroid dienone is 1. The topological polar surface area (TPSA) is 18.5 Å². The number of hydrogen-bond donors (Lipinski definition) is 1. The fourth-order valence-electron chi connectivity index (χ4n) is 4.37. The van der Waals surface area contributed by atoms with E-state index in [2.05, 4.69) is 90.2 Å². The Morgan fingerprint density at radius 2 is 1.85 bits per heavy atom. The van der Waals surface area contributed by atoms with Crippen molar-refractivity contribution in [1.29, 1.82) is 0 Å². The Balaban J connectivity index is 3.02. The largest absolute Gasteiger partial charge is 0.377 e. The van der Waals surface area contributed by atoms with Crippen LogP contribution in [0.4, 0.5) is 0 Å². The van der Waals surface area contributed by atoms with Crippen molar-refractivity contribution in [3.8, 4) is 0 Å². The van der Waals surface area contributed by atoms with Crippen molar-refractivity contribution in [3.63, 3.8) is 0 Å². The minimum atomic E-state index is 0.352. The molecule has 0 spiro atoms. The van der Waals surface area contributed by atoms with E-state index >= 15 is 0 Å². The monoisotopic (exact) mass is 375 g/mol. The van der Waals surface area contributed by atoms with Crippen molar-refractivity contribution in [2.24, 2.45) is 5.92 Å². The highest BCUT2D eigenvalue weighted by molar-refractivity contribution is 5.38. The molecule has 0 aromatic rings. The van der Waals surface area contributed by atoms with E-state index in [4.69, 9.17) is 0 Å². The van der Waals surface area contributed by atoms with Crippen LogP contribution < -0.4 is 5.32 Å². The average molecular weight is 376 g/mol. The summed E-state index contributed by atoms with van der Waals surface area (Å²) in [6, 6.07) is 1.77. The summed E-state index contributed by atoms with van der Waals surface area (Å²) < 4.78 is 0. The maximum Gasteiger partial charge on any atom is 0.0403 e. The Kier molecular flexibility index (Phi) is 9.83. The van der Waals surface area contributed by atoms with Crippen LogP contribution in [-0.2, 0) is 0 Å². The van der Waals surface area contributed by atoms with Crippen LogP contribution in [0.3, 0.4) is 0 Å². The normalized spacial score (nSPS) is 23.6. The molecule has 0 saturated heterocycles. The van der Waals surface area contributed by atoms with Crippen LogP contribution in [0.2, 0.25) is 0 Å². The summed E-state index contributed by atoms with van der Waals surface area (Å²) in [6.07, 6.45) is 6.82. The first-order chi connectivity index (χ1) is 12.6. The van der Waals surface area contributed by atoms with E-state index in [1.165, 1.54) is 30.5 Å². The lowest BCUT2D eigenvalue weighted by Crippen LogP contribution is -2.47. The molecular weight excluding hydrogens is 330 g/mol. The van der Waals surface area contributed by atoms with Crippen LogP contribution in [0.5, 0.6) is 0 Å². The molecular formula is C24H45N3. The van der Waals surface area contributed by atoms with E-state index < -0.39 is 0 Å². The smallest absolute Gasteiger partial charge is 0.0403 e. The number of nitrogens with one attached hydrogen (secondary N) is 1. The molecule has 1 heterocycles. The van der Waals surface area contributed by atoms with Crippen LogP contribution in [0, 0.1) is 5.92 Å². The molecule has 0 amide bonds. The van der Waals surface area contributed by atoms with E-state index in [0.717, 1.165) is 6.54 Å². The van der Waals surface area contributed by atoms with Gasteiger partial charge in [0.15, 0.2) is 0 Å². The maximum atomic E-state index is 3.90. The molecule has 3 heteroatoms. The van der Waals surface area contributed by atoms with Crippen molar-refractivity contribution in [3.05, 3.63) is 35.6 Å². The molecule has 1 N–H and O–H groups in total. The van der Waals surface area contributed by atoms with Gasteiger partial charge in [-0.2, -0.15) is 0 Å². The SMILES string of the molecule is C=CN(C)[C@H](C)C(C)NC(C)C1=C(C)CCCN(C(C)C)CC(C)C=C1C. The molecule has 1 aliphatic rings. The first kappa shape index (κ1) is 24.0. The lowest BCUT2D eigenvalue weighted by molar-refractivity contribution is 0.202. The average Bonchev–Trinajstić information content (AvgIpc) is 2.58. The highest BCUT2D eigenvalue weighted by Gasteiger charge is 2.22. The summed E-state index contributed by atoms with van der Waals surface area (Å²) in [5.74, 6) is 0.573. The highest BCUT2D eigenvalue weighted by Crippen LogP contribution is 2.26. The predicted molar refractivity (Wildman–Crippen MR) is 121 cm³/mol. The van der Waals surface area contributed by atoms with Gasteiger partial charge in [-0.3, -0.25) is 0 Å². The summed E-state index contributed by atoms with van der Waals surface area (Å²) in [4.78, 5) is 4.81. The summed E-state index contributed by atoms with van der Waals surface area (Å²) in [5.41, 5.74) is 4.50. The Hall–Kier alpha value is -1.06. The molecule has 0 fully saturated rings. The summed E-state index contributed by atoms with van der Waals surface area (Å²) in [7, 11) is 2.10. The van der Waals surface area contributed by atoms with Gasteiger partial charge in [-0.25, -0.2) is 0 Å². The van der Waals surface area contributed by atoms with E-state index in [9.17, 15) is 0 Å². The van der Waals surface area contributed by atoms with Crippen molar-refractivity contribution >= 4 is 0 Å². The van der Waals surface area contributed by atoms with Crippen molar-refractivity contribution < 1.29 is 0 Å². The van der Waals surface area contributed by atoms with Crippen LogP contribution >= 0.6 is 0 Å². The van der Waals surface area contributed by atoms with Crippen LogP contribution in [0.25, 0.3) is 0 Å². The molecule has 1 rings (SSSR count). The van der Waals surface area contributed by atoms with Gasteiger partial charge in [0.2, 0.25) is 0 Å². The molecule has 27 heavy (non-hydrogen) atoms. The zero-order valence-electron chi connectivity index (χ0n) is 19.5. The molecule has 156 valence electrons. The second kappa shape index (κ2) is 11.1. The van der Waals surface area contributed by atoms with Gasteiger partial charge in [-0.15, -0.1) is 0 Å². The Labute approximate surface area is 169 Å². The molecule has 1 aliphatic heterocycles. The second-order valence-corrected chi connectivity index (χ2v) is 8.98. The summed E-state index contributed by atoms with van der Waals surface area (Å²) >= 11 is 0. The predicted octanol–water partition coefficient (Wildman–Crippen LogP) is 5.22. The molecule has 4 atom stereocenters. The first-order valence-corrected chi connectivity index (χ1v) is 10.8. The molecule has 0 aromatic carbocycles. The molecule has 0 aromatic heterocycles. The van der Waals surface area contributed by atoms with E-state index in [0.29, 0.717) is 30.1 Å². The molecule has 0 radical (unpaired) electrons. The quantitative estimate of drug-likeness (QED) is 0.658. The van der Waals surface area contributed by atoms with Gasteiger partial charge in [0.25, 0.3) is 0 Å². The fourth-order valence-corrected chi connectivity index (χ4v) is 4.37. The van der Waals surface area contributed by atoms with E-state index in [1.807, 2.05) is 6.20 Å². The molecule has 3 unspecified atom stereocenters. The van der Waals surface area contributed by atoms with Gasteiger partial charge in [0.1, 0.15) is 0 Å². The molecule has 0 aliphatic carbocycles. The lowest BCUT2D eigenvalue weighted by Gasteiger charge is -2.34. The third kappa shape index (κ3) is 7.12. The molecule has 0 saturated carbocycles. The van der Waals surface area contributed by atoms with Gasteiger partial charge in [-0.1, -0.05) is 30.7 Å². The summed E-state index contributed by atoms with van der Waals surface area (Å²) in [5, 5.41) is 3.85. The zero-order valence-corrected chi connectivity index (χ0v) is 19.5. The number of likely N-dealkylation sites (N-methyl/N-ethyl adjacent to an activating group) is 1. The van der Waals surface area contributed by atoms with Crippen molar-refractivity contribution in [2.75, 3.05) is 20.1 Å². The zero-order chi connectivity index (χ0) is 20.7. The Bertz CT molecular complexity index is 532. The third-order valence-corrected chi connectivity index (χ3v) is 6.27. The number of rotatable bonds is 7. The number of hydrogen-bond acceptors (Lipinski definition) is 3. The van der Waals surface area contributed by atoms with Crippen LogP contribution in [0.15, 0.2) is 35.6 Å². The van der Waals surface area contributed by atoms with Crippen LogP contribution in [-0.4, -0.2) is 54.1 Å².